The van der Waals surface area contributed by atoms with Crippen LogP contribution in [0, 0.1) is 13.8 Å². The highest BCUT2D eigenvalue weighted by molar-refractivity contribution is 5.86. The molecule has 1 aromatic carbocycles. The lowest BCUT2D eigenvalue weighted by atomic mass is 10.0. The van der Waals surface area contributed by atoms with Crippen LogP contribution in [-0.2, 0) is 0 Å². The summed E-state index contributed by atoms with van der Waals surface area (Å²) in [6.45, 7) is 4.12. The van der Waals surface area contributed by atoms with Gasteiger partial charge < -0.3 is 0 Å². The molecule has 0 aliphatic heterocycles. The number of rotatable bonds is 0. The van der Waals surface area contributed by atoms with Gasteiger partial charge in [-0.05, 0) is 30.4 Å². The third kappa shape index (κ3) is 1.24. The first-order valence-corrected chi connectivity index (χ1v) is 4.29. The fourth-order valence-electron chi connectivity index (χ4n) is 1.57. The van der Waals surface area contributed by atoms with Crippen molar-refractivity contribution in [2.45, 2.75) is 13.8 Å². The molecule has 0 bridgehead atoms. The van der Waals surface area contributed by atoms with Crippen molar-refractivity contribution in [3.8, 4) is 0 Å². The number of aromatic nitrogens is 1. The summed E-state index contributed by atoms with van der Waals surface area (Å²) in [5, 5.41) is 11.6. The van der Waals surface area contributed by atoms with Gasteiger partial charge in [-0.1, -0.05) is 12.1 Å². The minimum absolute atomic E-state index is 1.09. The molecule has 0 spiro atoms. The fraction of sp³-hybridized carbons (Fsp3) is 0.182. The summed E-state index contributed by atoms with van der Waals surface area (Å²) in [6.07, 6.45) is 3.38. The number of benzene rings is 1. The first-order valence-electron chi connectivity index (χ1n) is 4.29. The van der Waals surface area contributed by atoms with E-state index < -0.39 is 0 Å². The Morgan fingerprint density at radius 1 is 1.00 bits per heavy atom. The Morgan fingerprint density at radius 2 is 1.62 bits per heavy atom. The quantitative estimate of drug-likeness (QED) is 0.479. The van der Waals surface area contributed by atoms with Crippen LogP contribution in [0.25, 0.3) is 10.8 Å². The summed E-state index contributed by atoms with van der Waals surface area (Å²) in [5.74, 6) is 0. The monoisotopic (exact) mass is 174 g/mol. The average Bonchev–Trinajstić information content (AvgIpc) is 2.12. The molecule has 0 atom stereocenters. The number of fused-ring (bicyclic) bond motifs is 1. The van der Waals surface area contributed by atoms with Gasteiger partial charge in [0, 0.05) is 10.8 Å². The number of nitrogens with zero attached hydrogens (tertiary/aromatic N) is 1. The van der Waals surface area contributed by atoms with Crippen molar-refractivity contribution in [1.82, 2.24) is 0 Å². The molecule has 66 valence electrons. The Labute approximate surface area is 77.0 Å². The second kappa shape index (κ2) is 2.73. The second-order valence-electron chi connectivity index (χ2n) is 3.35. The maximum absolute atomic E-state index is 9.26. The second-order valence-corrected chi connectivity index (χ2v) is 3.35. The van der Waals surface area contributed by atoms with Crippen molar-refractivity contribution >= 4 is 10.8 Å². The van der Waals surface area contributed by atoms with E-state index in [0.717, 1.165) is 10.1 Å². The van der Waals surface area contributed by atoms with E-state index in [4.69, 9.17) is 0 Å². The van der Waals surface area contributed by atoms with Gasteiger partial charge in [-0.2, -0.15) is 0 Å². The SMILES string of the molecule is Cc1ccc(C)c2c[n+](O)ccc12. The van der Waals surface area contributed by atoms with E-state index in [2.05, 4.69) is 19.1 Å². The van der Waals surface area contributed by atoms with Gasteiger partial charge in [0.1, 0.15) is 0 Å². The van der Waals surface area contributed by atoms with Gasteiger partial charge in [-0.15, -0.1) is 0 Å². The van der Waals surface area contributed by atoms with Crippen LogP contribution in [0.5, 0.6) is 0 Å². The normalized spacial score (nSPS) is 10.6. The molecule has 1 N–H and O–H groups in total. The van der Waals surface area contributed by atoms with Crippen molar-refractivity contribution in [2.75, 3.05) is 0 Å². The predicted octanol–water partition coefficient (Wildman–Crippen LogP) is 1.98. The smallest absolute Gasteiger partial charge is 0.230 e. The summed E-state index contributed by atoms with van der Waals surface area (Å²) < 4.78 is 1.09. The standard InChI is InChI=1S/C11H12NO/c1-8-3-4-9(2)11-7-12(13)6-5-10(8)11/h3-7,13H,1-2H3/q+1. The Bertz CT molecular complexity index is 463. The molecule has 13 heavy (non-hydrogen) atoms. The lowest BCUT2D eigenvalue weighted by Crippen LogP contribution is -2.28. The Balaban J connectivity index is 2.92. The first-order chi connectivity index (χ1) is 6.18. The molecule has 1 aromatic heterocycles. The molecule has 0 radical (unpaired) electrons. The summed E-state index contributed by atoms with van der Waals surface area (Å²) in [6, 6.07) is 6.09. The van der Waals surface area contributed by atoms with Crippen LogP contribution in [0.3, 0.4) is 0 Å². The van der Waals surface area contributed by atoms with Crippen molar-refractivity contribution < 1.29 is 9.94 Å². The van der Waals surface area contributed by atoms with Crippen molar-refractivity contribution in [2.24, 2.45) is 0 Å². The molecule has 0 aliphatic rings. The molecule has 0 saturated heterocycles. The lowest BCUT2D eigenvalue weighted by Gasteiger charge is -2.01. The number of hydrogen-bond acceptors (Lipinski definition) is 1. The van der Waals surface area contributed by atoms with Gasteiger partial charge in [0.15, 0.2) is 0 Å². The largest absolute Gasteiger partial charge is 0.285 e. The summed E-state index contributed by atoms with van der Waals surface area (Å²) in [4.78, 5) is 0. The summed E-state index contributed by atoms with van der Waals surface area (Å²) in [7, 11) is 0. The Morgan fingerprint density at radius 3 is 2.31 bits per heavy atom. The average molecular weight is 174 g/mol. The lowest BCUT2D eigenvalue weighted by molar-refractivity contribution is -0.904. The summed E-state index contributed by atoms with van der Waals surface area (Å²) >= 11 is 0. The molecule has 0 unspecified atom stereocenters. The number of aryl methyl sites for hydroxylation is 2. The molecular formula is C11H12NO+. The third-order valence-corrected chi connectivity index (χ3v) is 2.38. The molecule has 2 aromatic rings. The molecular weight excluding hydrogens is 162 g/mol. The number of hydrogen-bond donors (Lipinski definition) is 1. The molecule has 0 fully saturated rings. The van der Waals surface area contributed by atoms with E-state index in [1.807, 2.05) is 13.0 Å². The minimum Gasteiger partial charge on any atom is -0.285 e. The van der Waals surface area contributed by atoms with Gasteiger partial charge in [-0.25, -0.2) is 0 Å². The zero-order chi connectivity index (χ0) is 9.42. The Hall–Kier alpha value is -1.57. The molecule has 0 saturated carbocycles. The highest BCUT2D eigenvalue weighted by Crippen LogP contribution is 2.19. The van der Waals surface area contributed by atoms with E-state index in [9.17, 15) is 5.21 Å². The van der Waals surface area contributed by atoms with Gasteiger partial charge >= 0.3 is 0 Å². The minimum atomic E-state index is 1.09. The Kier molecular flexibility index (Phi) is 1.69. The molecule has 2 rings (SSSR count). The van der Waals surface area contributed by atoms with E-state index in [1.165, 1.54) is 16.5 Å². The summed E-state index contributed by atoms with van der Waals surface area (Å²) in [5.41, 5.74) is 2.42. The zero-order valence-corrected chi connectivity index (χ0v) is 7.78. The van der Waals surface area contributed by atoms with Crippen LogP contribution < -0.4 is 4.73 Å². The van der Waals surface area contributed by atoms with E-state index in [-0.39, 0.29) is 0 Å². The van der Waals surface area contributed by atoms with Gasteiger partial charge in [0.2, 0.25) is 12.4 Å². The molecule has 1 heterocycles. The molecule has 0 amide bonds. The topological polar surface area (TPSA) is 24.1 Å². The van der Waals surface area contributed by atoms with Crippen LogP contribution in [0.1, 0.15) is 11.1 Å². The first kappa shape index (κ1) is 8.05. The zero-order valence-electron chi connectivity index (χ0n) is 7.78. The molecule has 2 nitrogen and oxygen atoms in total. The molecule has 0 aliphatic carbocycles. The van der Waals surface area contributed by atoms with Crippen LogP contribution in [-0.4, -0.2) is 5.21 Å². The number of pyridine rings is 1. The maximum atomic E-state index is 9.26. The third-order valence-electron chi connectivity index (χ3n) is 2.38. The highest BCUT2D eigenvalue weighted by Gasteiger charge is 2.05. The van der Waals surface area contributed by atoms with E-state index >= 15 is 0 Å². The predicted molar refractivity (Wildman–Crippen MR) is 50.8 cm³/mol. The molecule has 2 heteroatoms. The van der Waals surface area contributed by atoms with E-state index in [0.29, 0.717) is 0 Å². The van der Waals surface area contributed by atoms with Gasteiger partial charge in [-0.3, -0.25) is 5.21 Å². The van der Waals surface area contributed by atoms with Crippen molar-refractivity contribution in [3.05, 3.63) is 41.7 Å². The van der Waals surface area contributed by atoms with Gasteiger partial charge in [0.05, 0.1) is 5.39 Å². The maximum Gasteiger partial charge on any atom is 0.230 e. The highest BCUT2D eigenvalue weighted by atomic mass is 16.5. The van der Waals surface area contributed by atoms with Gasteiger partial charge in [0.25, 0.3) is 0 Å². The van der Waals surface area contributed by atoms with Crippen LogP contribution >= 0.6 is 0 Å². The van der Waals surface area contributed by atoms with Crippen molar-refractivity contribution in [3.63, 3.8) is 0 Å². The van der Waals surface area contributed by atoms with Crippen molar-refractivity contribution in [1.29, 1.82) is 0 Å². The van der Waals surface area contributed by atoms with E-state index in [1.54, 1.807) is 12.4 Å². The fourth-order valence-corrected chi connectivity index (χ4v) is 1.57. The van der Waals surface area contributed by atoms with Crippen LogP contribution in [0.4, 0.5) is 0 Å². The van der Waals surface area contributed by atoms with Crippen LogP contribution in [0.2, 0.25) is 0 Å². The van der Waals surface area contributed by atoms with Crippen LogP contribution in [0.15, 0.2) is 30.6 Å².